The molecule has 3 aromatic carbocycles. The maximum atomic E-state index is 3.71. The normalized spacial score (nSPS) is 12.7. The number of allylic oxidation sites excluding steroid dienone is 9. The molecule has 0 aliphatic rings. The second-order valence-electron chi connectivity index (χ2n) is 9.36. The molecule has 4 rings (SSSR count). The van der Waals surface area contributed by atoms with E-state index in [9.17, 15) is 0 Å². The van der Waals surface area contributed by atoms with Gasteiger partial charge in [-0.15, -0.1) is 11.3 Å². The Bertz CT molecular complexity index is 1490. The third-order valence-electron chi connectivity index (χ3n) is 6.70. The van der Waals surface area contributed by atoms with Crippen LogP contribution in [-0.2, 0) is 12.8 Å². The summed E-state index contributed by atoms with van der Waals surface area (Å²) < 4.78 is 0. The van der Waals surface area contributed by atoms with Crippen molar-refractivity contribution in [2.45, 2.75) is 52.9 Å². The quantitative estimate of drug-likeness (QED) is 0.141. The highest BCUT2D eigenvalue weighted by molar-refractivity contribution is 7.16. The summed E-state index contributed by atoms with van der Waals surface area (Å²) in [6.07, 6.45) is 22.0. The summed E-state index contributed by atoms with van der Waals surface area (Å²) in [5.41, 5.74) is 5.59. The summed E-state index contributed by atoms with van der Waals surface area (Å²) >= 11 is 1.88. The van der Waals surface area contributed by atoms with E-state index in [0.29, 0.717) is 0 Å². The average molecular weight is 503 g/mol. The van der Waals surface area contributed by atoms with E-state index in [0.717, 1.165) is 32.1 Å². The highest BCUT2D eigenvalue weighted by Crippen LogP contribution is 2.39. The summed E-state index contributed by atoms with van der Waals surface area (Å²) in [7, 11) is 0. The van der Waals surface area contributed by atoms with E-state index >= 15 is 0 Å². The van der Waals surface area contributed by atoms with Crippen LogP contribution in [0.15, 0.2) is 110 Å². The topological polar surface area (TPSA) is 0 Å². The summed E-state index contributed by atoms with van der Waals surface area (Å²) in [6.45, 7) is 10.5. The minimum Gasteiger partial charge on any atom is -0.135 e. The van der Waals surface area contributed by atoms with Crippen molar-refractivity contribution < 1.29 is 0 Å². The number of aryl methyl sites for hydroxylation is 2. The van der Waals surface area contributed by atoms with Crippen molar-refractivity contribution in [2.24, 2.45) is 0 Å². The Kier molecular flexibility index (Phi) is 9.52. The minimum atomic E-state index is 1.01. The summed E-state index contributed by atoms with van der Waals surface area (Å²) in [5, 5.41) is 5.72. The van der Waals surface area contributed by atoms with Crippen LogP contribution in [0.2, 0.25) is 0 Å². The largest absolute Gasteiger partial charge is 0.135 e. The first kappa shape index (κ1) is 26.6. The first-order valence-corrected chi connectivity index (χ1v) is 14.4. The van der Waals surface area contributed by atoms with Crippen LogP contribution in [0.1, 0.15) is 56.0 Å². The smallest absolute Gasteiger partial charge is 0.0349 e. The van der Waals surface area contributed by atoms with Gasteiger partial charge < -0.3 is 0 Å². The molecule has 4 aromatic rings. The fourth-order valence-corrected chi connectivity index (χ4v) is 6.12. The van der Waals surface area contributed by atoms with Crippen molar-refractivity contribution >= 4 is 38.5 Å². The molecule has 1 aromatic heterocycles. The Hall–Kier alpha value is -3.42. The molecular formula is C36H38S. The van der Waals surface area contributed by atoms with Crippen LogP contribution in [0, 0.1) is 0 Å². The molecule has 0 saturated heterocycles. The molecule has 1 heteroatoms. The lowest BCUT2D eigenvalue weighted by Crippen LogP contribution is -1.96. The number of rotatable bonds is 11. The van der Waals surface area contributed by atoms with Gasteiger partial charge in [0.25, 0.3) is 0 Å². The highest BCUT2D eigenvalue weighted by Gasteiger charge is 2.14. The first-order chi connectivity index (χ1) is 18.2. The molecule has 0 radical (unpaired) electrons. The fraction of sp³-hybridized carbons (Fsp3) is 0.222. The molecule has 37 heavy (non-hydrogen) atoms. The van der Waals surface area contributed by atoms with E-state index in [-0.39, 0.29) is 0 Å². The van der Waals surface area contributed by atoms with E-state index in [1.54, 1.807) is 6.08 Å². The van der Waals surface area contributed by atoms with Gasteiger partial charge in [0.1, 0.15) is 0 Å². The molecule has 0 aliphatic heterocycles. The van der Waals surface area contributed by atoms with E-state index in [2.05, 4.69) is 106 Å². The molecule has 0 nitrogen and oxygen atoms in total. The van der Waals surface area contributed by atoms with E-state index in [1.807, 2.05) is 29.6 Å². The number of fused-ring (bicyclic) bond motifs is 2. The highest BCUT2D eigenvalue weighted by atomic mass is 32.1. The van der Waals surface area contributed by atoms with Crippen LogP contribution < -0.4 is 0 Å². The molecule has 0 amide bonds. The maximum absolute atomic E-state index is 3.71. The van der Waals surface area contributed by atoms with E-state index < -0.39 is 0 Å². The predicted octanol–water partition coefficient (Wildman–Crippen LogP) is 11.3. The van der Waals surface area contributed by atoms with Gasteiger partial charge in [0.15, 0.2) is 0 Å². The Morgan fingerprint density at radius 1 is 0.730 bits per heavy atom. The molecule has 0 saturated carbocycles. The number of benzene rings is 3. The molecule has 0 bridgehead atoms. The van der Waals surface area contributed by atoms with Crippen LogP contribution in [0.4, 0.5) is 0 Å². The van der Waals surface area contributed by atoms with Crippen LogP contribution >= 0.6 is 11.3 Å². The molecule has 0 spiro atoms. The first-order valence-electron chi connectivity index (χ1n) is 13.6. The van der Waals surface area contributed by atoms with Crippen LogP contribution in [0.3, 0.4) is 0 Å². The molecule has 0 atom stereocenters. The number of hydrogen-bond acceptors (Lipinski definition) is 1. The summed E-state index contributed by atoms with van der Waals surface area (Å²) in [5.74, 6) is 0. The third-order valence-corrected chi connectivity index (χ3v) is 7.89. The average Bonchev–Trinajstić information content (AvgIpc) is 3.42. The molecular weight excluding hydrogens is 464 g/mol. The van der Waals surface area contributed by atoms with Gasteiger partial charge in [0.2, 0.25) is 0 Å². The van der Waals surface area contributed by atoms with Gasteiger partial charge in [-0.1, -0.05) is 125 Å². The molecule has 1 heterocycles. The summed E-state index contributed by atoms with van der Waals surface area (Å²) in [4.78, 5) is 2.63. The third kappa shape index (κ3) is 6.12. The molecule has 0 aliphatic carbocycles. The van der Waals surface area contributed by atoms with Crippen molar-refractivity contribution in [1.82, 2.24) is 0 Å². The van der Waals surface area contributed by atoms with Crippen LogP contribution in [0.5, 0.6) is 0 Å². The molecule has 0 N–H and O–H groups in total. The van der Waals surface area contributed by atoms with Gasteiger partial charge in [-0.05, 0) is 81.3 Å². The van der Waals surface area contributed by atoms with Crippen LogP contribution in [0.25, 0.3) is 37.6 Å². The zero-order valence-electron chi connectivity index (χ0n) is 22.5. The molecule has 188 valence electrons. The zero-order valence-corrected chi connectivity index (χ0v) is 23.3. The van der Waals surface area contributed by atoms with Crippen molar-refractivity contribution in [3.8, 4) is 10.4 Å². The molecule has 0 fully saturated rings. The Labute approximate surface area is 227 Å². The number of thiophene rings is 1. The number of hydrogen-bond donors (Lipinski definition) is 0. The van der Waals surface area contributed by atoms with Crippen molar-refractivity contribution in [3.63, 3.8) is 0 Å². The predicted molar refractivity (Wildman–Crippen MR) is 169 cm³/mol. The van der Waals surface area contributed by atoms with Gasteiger partial charge in [-0.25, -0.2) is 0 Å². The molecule has 0 unspecified atom stereocenters. The SMILES string of the molecule is C=C\C=C/C=C/C=C\C(=C/CC)c1ccc(-c2ccc3c(CCC)c4ccccc4c(CCC)c3c2)s1. The Morgan fingerprint density at radius 2 is 1.38 bits per heavy atom. The van der Waals surface area contributed by atoms with E-state index in [1.165, 1.54) is 53.6 Å². The van der Waals surface area contributed by atoms with Gasteiger partial charge in [0.05, 0.1) is 0 Å². The van der Waals surface area contributed by atoms with Crippen molar-refractivity contribution in [3.05, 3.63) is 126 Å². The lowest BCUT2D eigenvalue weighted by molar-refractivity contribution is 0.927. The van der Waals surface area contributed by atoms with Gasteiger partial charge >= 0.3 is 0 Å². The second kappa shape index (κ2) is 13.2. The zero-order chi connectivity index (χ0) is 26.0. The van der Waals surface area contributed by atoms with Gasteiger partial charge in [-0.3, -0.25) is 0 Å². The Morgan fingerprint density at radius 3 is 2.05 bits per heavy atom. The van der Waals surface area contributed by atoms with E-state index in [4.69, 9.17) is 0 Å². The van der Waals surface area contributed by atoms with Crippen molar-refractivity contribution in [2.75, 3.05) is 0 Å². The second-order valence-corrected chi connectivity index (χ2v) is 10.4. The fourth-order valence-electron chi connectivity index (χ4n) is 5.10. The maximum Gasteiger partial charge on any atom is 0.0349 e. The minimum absolute atomic E-state index is 1.01. The lowest BCUT2D eigenvalue weighted by Gasteiger charge is -2.17. The Balaban J connectivity index is 1.77. The van der Waals surface area contributed by atoms with Crippen LogP contribution in [-0.4, -0.2) is 0 Å². The van der Waals surface area contributed by atoms with Crippen molar-refractivity contribution in [1.29, 1.82) is 0 Å². The lowest BCUT2D eigenvalue weighted by atomic mass is 9.87. The standard InChI is InChI=1S/C36H38S/c1-5-9-10-11-12-13-19-27(16-6-2)35-24-25-36(37-35)28-22-23-33-29(17-7-3)31-20-14-15-21-32(31)30(18-8-4)34(33)26-28/h5,9-16,19-26H,1,6-8,17-18H2,2-4H3/b10-9-,12-11+,19-13-,27-16+. The van der Waals surface area contributed by atoms with Gasteiger partial charge in [0, 0.05) is 9.75 Å². The monoisotopic (exact) mass is 502 g/mol. The summed E-state index contributed by atoms with van der Waals surface area (Å²) in [6, 6.07) is 20.7. The van der Waals surface area contributed by atoms with Gasteiger partial charge in [-0.2, -0.15) is 0 Å².